The Kier molecular flexibility index (Phi) is 2.19. The fraction of sp³-hybridized carbons (Fsp3) is 1.00. The van der Waals surface area contributed by atoms with Gasteiger partial charge < -0.3 is 9.64 Å². The topological polar surface area (TPSA) is 12.5 Å². The highest BCUT2D eigenvalue weighted by Crippen LogP contribution is 2.63. The van der Waals surface area contributed by atoms with E-state index in [1.54, 1.807) is 7.11 Å². The zero-order valence-corrected chi connectivity index (χ0v) is 10.4. The van der Waals surface area contributed by atoms with Gasteiger partial charge in [0, 0.05) is 44.0 Å². The van der Waals surface area contributed by atoms with Crippen LogP contribution in [0.1, 0.15) is 12.8 Å². The van der Waals surface area contributed by atoms with Crippen LogP contribution < -0.4 is 0 Å². The Hall–Kier alpha value is 0.280. The maximum atomic E-state index is 13.6. The Balaban J connectivity index is 1.52. The first kappa shape index (κ1) is 10.4. The van der Waals surface area contributed by atoms with E-state index in [-0.39, 0.29) is 0 Å². The minimum atomic E-state index is -0.922. The molecule has 86 valence electrons. The van der Waals surface area contributed by atoms with E-state index < -0.39 is 5.41 Å². The van der Waals surface area contributed by atoms with Crippen molar-refractivity contribution in [2.24, 2.45) is 17.3 Å². The van der Waals surface area contributed by atoms with E-state index in [1.165, 1.54) is 12.8 Å². The Bertz CT molecular complexity index is 266. The lowest BCUT2D eigenvalue weighted by atomic mass is 10.1. The number of methoxy groups -OCH3 is 1. The van der Waals surface area contributed by atoms with E-state index in [9.17, 15) is 4.39 Å². The van der Waals surface area contributed by atoms with Crippen molar-refractivity contribution in [1.82, 2.24) is 4.90 Å². The molecule has 3 fully saturated rings. The van der Waals surface area contributed by atoms with Gasteiger partial charge in [0.2, 0.25) is 0 Å². The molecule has 3 aliphatic rings. The van der Waals surface area contributed by atoms with Gasteiger partial charge in [-0.25, -0.2) is 4.39 Å². The number of halogens is 1. The standard InChI is InChI=1S/C11H19FNOP/c1-14-7-10(2-3-10)6-13-4-8-9(5-13)11(8,12)15/h8-9H,2-7,15H2,1H3. The van der Waals surface area contributed by atoms with Crippen molar-refractivity contribution >= 4 is 9.24 Å². The van der Waals surface area contributed by atoms with Crippen molar-refractivity contribution < 1.29 is 9.13 Å². The molecule has 15 heavy (non-hydrogen) atoms. The van der Waals surface area contributed by atoms with Gasteiger partial charge in [-0.05, 0) is 12.8 Å². The van der Waals surface area contributed by atoms with Crippen molar-refractivity contribution in [3.05, 3.63) is 0 Å². The van der Waals surface area contributed by atoms with E-state index in [0.29, 0.717) is 17.3 Å². The molecule has 0 aromatic carbocycles. The van der Waals surface area contributed by atoms with Gasteiger partial charge in [-0.15, -0.1) is 0 Å². The summed E-state index contributed by atoms with van der Waals surface area (Å²) >= 11 is 0. The number of fused-ring (bicyclic) bond motifs is 1. The Morgan fingerprint density at radius 3 is 2.47 bits per heavy atom. The predicted octanol–water partition coefficient (Wildman–Crippen LogP) is 1.52. The van der Waals surface area contributed by atoms with Crippen LogP contribution in [0.5, 0.6) is 0 Å². The SMILES string of the molecule is COCC1(CN2CC3C(C2)C3(F)P)CC1. The van der Waals surface area contributed by atoms with Crippen molar-refractivity contribution in [3.63, 3.8) is 0 Å². The van der Waals surface area contributed by atoms with Crippen molar-refractivity contribution in [3.8, 4) is 0 Å². The number of likely N-dealkylation sites (tertiary alicyclic amines) is 1. The summed E-state index contributed by atoms with van der Waals surface area (Å²) < 4.78 is 18.8. The Morgan fingerprint density at radius 1 is 1.40 bits per heavy atom. The van der Waals surface area contributed by atoms with E-state index in [1.807, 2.05) is 0 Å². The third-order valence-electron chi connectivity index (χ3n) is 4.39. The lowest BCUT2D eigenvalue weighted by Crippen LogP contribution is -2.34. The predicted molar refractivity (Wildman–Crippen MR) is 60.5 cm³/mol. The van der Waals surface area contributed by atoms with Gasteiger partial charge in [-0.3, -0.25) is 0 Å². The van der Waals surface area contributed by atoms with Crippen LogP contribution in [0.4, 0.5) is 4.39 Å². The van der Waals surface area contributed by atoms with Crippen LogP contribution in [0, 0.1) is 17.3 Å². The first-order valence-corrected chi connectivity index (χ1v) is 6.34. The van der Waals surface area contributed by atoms with Crippen LogP contribution >= 0.6 is 9.24 Å². The molecule has 2 saturated carbocycles. The summed E-state index contributed by atoms with van der Waals surface area (Å²) in [6.07, 6.45) is 2.57. The number of nitrogens with zero attached hydrogens (tertiary/aromatic N) is 1. The molecule has 0 amide bonds. The van der Waals surface area contributed by atoms with Crippen molar-refractivity contribution in [2.75, 3.05) is 33.4 Å². The second kappa shape index (κ2) is 3.15. The molecule has 0 N–H and O–H groups in total. The van der Waals surface area contributed by atoms with Gasteiger partial charge in [0.05, 0.1) is 6.61 Å². The molecule has 3 rings (SSSR count). The summed E-state index contributed by atoms with van der Waals surface area (Å²) in [7, 11) is 4.16. The molecule has 2 aliphatic carbocycles. The lowest BCUT2D eigenvalue weighted by molar-refractivity contribution is 0.107. The van der Waals surface area contributed by atoms with Crippen molar-refractivity contribution in [2.45, 2.75) is 18.3 Å². The van der Waals surface area contributed by atoms with Crippen LogP contribution in [0.25, 0.3) is 0 Å². The smallest absolute Gasteiger partial charge is 0.132 e. The Morgan fingerprint density at radius 2 is 2.00 bits per heavy atom. The summed E-state index contributed by atoms with van der Waals surface area (Å²) in [5.41, 5.74) is 0.422. The summed E-state index contributed by atoms with van der Waals surface area (Å²) in [4.78, 5) is 2.43. The molecule has 0 aromatic rings. The molecule has 0 spiro atoms. The van der Waals surface area contributed by atoms with Crippen LogP contribution in [0.2, 0.25) is 0 Å². The molecule has 3 unspecified atom stereocenters. The fourth-order valence-corrected chi connectivity index (χ4v) is 3.70. The molecule has 1 aliphatic heterocycles. The minimum absolute atomic E-state index is 0.292. The molecular weight excluding hydrogens is 212 g/mol. The third-order valence-corrected chi connectivity index (χ3v) is 5.25. The fourth-order valence-electron chi connectivity index (χ4n) is 3.12. The van der Waals surface area contributed by atoms with Crippen LogP contribution in [0.15, 0.2) is 0 Å². The zero-order valence-electron chi connectivity index (χ0n) is 9.21. The van der Waals surface area contributed by atoms with Gasteiger partial charge in [-0.1, -0.05) is 9.24 Å². The maximum Gasteiger partial charge on any atom is 0.132 e. The number of piperidine rings is 1. The molecule has 0 aromatic heterocycles. The van der Waals surface area contributed by atoms with Crippen molar-refractivity contribution in [1.29, 1.82) is 0 Å². The second-order valence-corrected chi connectivity index (χ2v) is 6.55. The monoisotopic (exact) mass is 231 g/mol. The van der Waals surface area contributed by atoms with Gasteiger partial charge in [0.1, 0.15) is 5.41 Å². The van der Waals surface area contributed by atoms with Gasteiger partial charge in [0.25, 0.3) is 0 Å². The van der Waals surface area contributed by atoms with Crippen LogP contribution in [0.3, 0.4) is 0 Å². The largest absolute Gasteiger partial charge is 0.384 e. The second-order valence-electron chi connectivity index (χ2n) is 5.67. The quantitative estimate of drug-likeness (QED) is 0.680. The van der Waals surface area contributed by atoms with Gasteiger partial charge in [0.15, 0.2) is 0 Å². The van der Waals surface area contributed by atoms with Gasteiger partial charge in [-0.2, -0.15) is 0 Å². The lowest BCUT2D eigenvalue weighted by Gasteiger charge is -2.25. The summed E-state index contributed by atoms with van der Waals surface area (Å²) in [6.45, 7) is 3.90. The highest BCUT2D eigenvalue weighted by molar-refractivity contribution is 7.19. The molecule has 1 saturated heterocycles. The zero-order chi connectivity index (χ0) is 10.7. The third kappa shape index (κ3) is 1.64. The van der Waals surface area contributed by atoms with E-state index >= 15 is 0 Å². The number of alkyl halides is 1. The molecular formula is C11H19FNOP. The van der Waals surface area contributed by atoms with Crippen LogP contribution in [-0.2, 0) is 4.74 Å². The molecule has 3 atom stereocenters. The number of hydrogen-bond donors (Lipinski definition) is 0. The minimum Gasteiger partial charge on any atom is -0.384 e. The summed E-state index contributed by atoms with van der Waals surface area (Å²) in [5, 5.41) is -0.922. The number of rotatable bonds is 4. The average molecular weight is 231 g/mol. The summed E-state index contributed by atoms with van der Waals surface area (Å²) in [5.74, 6) is 0.585. The highest BCUT2D eigenvalue weighted by Gasteiger charge is 2.67. The molecule has 0 bridgehead atoms. The normalized spacial score (nSPS) is 46.6. The maximum absolute atomic E-state index is 13.6. The number of ether oxygens (including phenoxy) is 1. The highest BCUT2D eigenvalue weighted by atomic mass is 31.0. The molecule has 0 radical (unpaired) electrons. The molecule has 1 heterocycles. The van der Waals surface area contributed by atoms with E-state index in [0.717, 1.165) is 26.2 Å². The molecule has 4 heteroatoms. The van der Waals surface area contributed by atoms with Gasteiger partial charge >= 0.3 is 0 Å². The Labute approximate surface area is 92.7 Å². The van der Waals surface area contributed by atoms with Crippen LogP contribution in [-0.4, -0.2) is 43.7 Å². The average Bonchev–Trinajstić information content (AvgIpc) is 2.92. The molecule has 2 nitrogen and oxygen atoms in total. The summed E-state index contributed by atoms with van der Waals surface area (Å²) in [6, 6.07) is 0. The first-order chi connectivity index (χ1) is 7.07. The number of hydrogen-bond acceptors (Lipinski definition) is 2. The first-order valence-electron chi connectivity index (χ1n) is 5.76. The van der Waals surface area contributed by atoms with E-state index in [4.69, 9.17) is 4.74 Å². The van der Waals surface area contributed by atoms with E-state index in [2.05, 4.69) is 14.1 Å².